The Morgan fingerprint density at radius 3 is 1.33 bits per heavy atom. The van der Waals surface area contributed by atoms with Gasteiger partial charge in [-0.15, -0.1) is 0 Å². The predicted octanol–water partition coefficient (Wildman–Crippen LogP) is 13.0. The Morgan fingerprint density at radius 1 is 0.451 bits per heavy atom. The fraction of sp³-hybridized carbons (Fsp3) is 0.892. The molecule has 2 rings (SSSR count). The van der Waals surface area contributed by atoms with Crippen molar-refractivity contribution in [2.75, 3.05) is 13.2 Å². The molecule has 10 N–H and O–H groups in total. The molecular weight excluding hydrogens is 1360 g/mol. The Kier molecular flexibility index (Phi) is 53.7. The van der Waals surface area contributed by atoms with Crippen molar-refractivity contribution < 1.29 is 115 Å². The Morgan fingerprint density at radius 2 is 0.853 bits per heavy atom. The minimum atomic E-state index is -5.66. The van der Waals surface area contributed by atoms with E-state index in [2.05, 4.69) is 43.6 Å². The summed E-state index contributed by atoms with van der Waals surface area (Å²) in [6.07, 6.45) is 17.1. The zero-order valence-electron chi connectivity index (χ0n) is 62.6. The molecule has 26 nitrogen and oxygen atoms in total. The number of unbranched alkanes of at least 4 members (excludes halogenated alkanes) is 31. The summed E-state index contributed by atoms with van der Waals surface area (Å²) in [6.45, 7) is 8.44. The van der Waals surface area contributed by atoms with Gasteiger partial charge >= 0.3 is 33.6 Å². The molecule has 2 aliphatic rings. The number of amides is 2. The predicted molar refractivity (Wildman–Crippen MR) is 387 cm³/mol. The summed E-state index contributed by atoms with van der Waals surface area (Å²) in [5.41, 5.74) is 0. The maximum absolute atomic E-state index is 14.8. The minimum Gasteiger partial charge on any atom is -0.462 e. The first-order valence-electron chi connectivity index (χ1n) is 39.3. The number of phosphoric acid groups is 2. The number of allylic oxidation sites excluding steroid dienone is 2. The second kappa shape index (κ2) is 57.8. The SMILES string of the molecule is CCCCCC/C=C/CCCCCC(=O)O[C@H](CCCCCCCCCCC)CC(=O)NC1C(OCC2OC(OP(=O)(O)O)C(NC(=O)CC(=O)CCCCCCCCCCC)C(OC(=O)C[C@H](O)CCCCCCC)C2O)OC(CO)C(OP(=O)(O)O)C1OC(=O)C[C@H](O)CCCCCCC. The van der Waals surface area contributed by atoms with E-state index in [0.717, 1.165) is 180 Å². The number of Topliss-reactive ketones (excluding diaryl/α,β-unsaturated/α-hetero) is 1. The summed E-state index contributed by atoms with van der Waals surface area (Å²) in [7, 11) is -11.3. The number of nitrogens with one attached hydrogen (secondary N) is 2. The van der Waals surface area contributed by atoms with Crippen LogP contribution >= 0.6 is 15.6 Å². The first-order valence-corrected chi connectivity index (χ1v) is 42.3. The van der Waals surface area contributed by atoms with Crippen LogP contribution in [0, 0.1) is 0 Å². The van der Waals surface area contributed by atoms with Crippen LogP contribution in [-0.2, 0) is 75.4 Å². The first-order chi connectivity index (χ1) is 48.9. The van der Waals surface area contributed by atoms with Gasteiger partial charge in [0, 0.05) is 12.8 Å². The van der Waals surface area contributed by atoms with Gasteiger partial charge in [0.05, 0.1) is 51.1 Å². The topological polar surface area (TPSA) is 396 Å². The van der Waals surface area contributed by atoms with Crippen LogP contribution in [0.4, 0.5) is 0 Å². The second-order valence-corrected chi connectivity index (χ2v) is 30.5. The first kappa shape index (κ1) is 94.8. The lowest BCUT2D eigenvalue weighted by Crippen LogP contribution is -2.68. The largest absolute Gasteiger partial charge is 0.472 e. The number of carbonyl (C=O) groups is 6. The molecule has 28 heteroatoms. The molecule has 13 atom stereocenters. The molecule has 0 aromatic rings. The molecule has 0 bridgehead atoms. The zero-order valence-corrected chi connectivity index (χ0v) is 64.4. The van der Waals surface area contributed by atoms with Gasteiger partial charge in [-0.3, -0.25) is 37.8 Å². The smallest absolute Gasteiger partial charge is 0.462 e. The number of ether oxygens (including phenoxy) is 6. The lowest BCUT2D eigenvalue weighted by atomic mass is 9.95. The van der Waals surface area contributed by atoms with Crippen LogP contribution < -0.4 is 10.6 Å². The van der Waals surface area contributed by atoms with Gasteiger partial charge in [-0.2, -0.15) is 0 Å². The molecule has 0 aromatic heterocycles. The van der Waals surface area contributed by atoms with E-state index in [4.69, 9.17) is 37.5 Å². The molecule has 0 spiro atoms. The fourth-order valence-corrected chi connectivity index (χ4v) is 13.9. The number of carbonyl (C=O) groups excluding carboxylic acids is 6. The van der Waals surface area contributed by atoms with Crippen LogP contribution in [0.2, 0.25) is 0 Å². The van der Waals surface area contributed by atoms with E-state index >= 15 is 0 Å². The van der Waals surface area contributed by atoms with Crippen LogP contribution in [0.15, 0.2) is 12.2 Å². The number of esters is 3. The van der Waals surface area contributed by atoms with Gasteiger partial charge in [-0.1, -0.05) is 239 Å². The molecule has 10 unspecified atom stereocenters. The van der Waals surface area contributed by atoms with E-state index in [1.807, 2.05) is 13.8 Å². The average molecular weight is 1500 g/mol. The number of hydrogen-bond donors (Lipinski definition) is 10. The number of hydrogen-bond acceptors (Lipinski definition) is 20. The molecule has 2 heterocycles. The van der Waals surface area contributed by atoms with Crippen molar-refractivity contribution in [3.8, 4) is 0 Å². The van der Waals surface area contributed by atoms with E-state index in [-0.39, 0.29) is 32.1 Å². The molecule has 0 aromatic carbocycles. The molecule has 0 saturated carbocycles. The highest BCUT2D eigenvalue weighted by molar-refractivity contribution is 7.46. The molecule has 2 saturated heterocycles. The maximum Gasteiger partial charge on any atom is 0.472 e. The fourth-order valence-electron chi connectivity index (χ4n) is 12.8. The van der Waals surface area contributed by atoms with Gasteiger partial charge in [-0.05, 0) is 64.2 Å². The van der Waals surface area contributed by atoms with Crippen molar-refractivity contribution >= 4 is 51.2 Å². The highest BCUT2D eigenvalue weighted by Gasteiger charge is 2.55. The van der Waals surface area contributed by atoms with E-state index < -0.39 is 170 Å². The van der Waals surface area contributed by atoms with E-state index in [1.54, 1.807) is 0 Å². The molecule has 596 valence electrons. The quantitative estimate of drug-likeness (QED) is 0.00675. The summed E-state index contributed by atoms with van der Waals surface area (Å²) >= 11 is 0. The van der Waals surface area contributed by atoms with Crippen molar-refractivity contribution in [1.82, 2.24) is 10.6 Å². The number of phosphoric ester groups is 2. The van der Waals surface area contributed by atoms with Crippen molar-refractivity contribution in [2.45, 2.75) is 410 Å². The maximum atomic E-state index is 14.8. The van der Waals surface area contributed by atoms with Crippen LogP contribution in [-0.4, -0.2) is 168 Å². The Labute approximate surface area is 609 Å². The second-order valence-electron chi connectivity index (χ2n) is 28.1. The summed E-state index contributed by atoms with van der Waals surface area (Å²) < 4.78 is 71.9. The number of ketones is 1. The van der Waals surface area contributed by atoms with Crippen molar-refractivity contribution in [2.24, 2.45) is 0 Å². The van der Waals surface area contributed by atoms with Gasteiger partial charge in [0.1, 0.15) is 48.4 Å². The van der Waals surface area contributed by atoms with Gasteiger partial charge in [0.25, 0.3) is 0 Å². The zero-order chi connectivity index (χ0) is 75.4. The lowest BCUT2D eigenvalue weighted by molar-refractivity contribution is -0.296. The number of aliphatic hydroxyl groups is 4. The third-order valence-corrected chi connectivity index (χ3v) is 19.6. The Hall–Kier alpha value is -3.30. The highest BCUT2D eigenvalue weighted by atomic mass is 31.2. The summed E-state index contributed by atoms with van der Waals surface area (Å²) in [4.78, 5) is 125. The van der Waals surface area contributed by atoms with E-state index in [9.17, 15) is 77.9 Å². The minimum absolute atomic E-state index is 0.0319. The highest BCUT2D eigenvalue weighted by Crippen LogP contribution is 2.44. The van der Waals surface area contributed by atoms with Crippen LogP contribution in [0.1, 0.15) is 330 Å². The Bertz CT molecular complexity index is 2360. The summed E-state index contributed by atoms with van der Waals surface area (Å²) in [5, 5.41) is 50.3. The van der Waals surface area contributed by atoms with Crippen molar-refractivity contribution in [1.29, 1.82) is 0 Å². The van der Waals surface area contributed by atoms with E-state index in [0.29, 0.717) is 32.1 Å². The Balaban J connectivity index is 2.69. The molecule has 2 fully saturated rings. The van der Waals surface area contributed by atoms with Gasteiger partial charge < -0.3 is 79.1 Å². The van der Waals surface area contributed by atoms with Crippen LogP contribution in [0.3, 0.4) is 0 Å². The molecule has 2 amide bonds. The number of rotatable bonds is 64. The lowest BCUT2D eigenvalue weighted by Gasteiger charge is -2.47. The van der Waals surface area contributed by atoms with Crippen molar-refractivity contribution in [3.05, 3.63) is 12.2 Å². The third-order valence-electron chi connectivity index (χ3n) is 18.6. The molecule has 2 aliphatic heterocycles. The molecule has 102 heavy (non-hydrogen) atoms. The molecular formula is C74H136N2O24P2. The summed E-state index contributed by atoms with van der Waals surface area (Å²) in [6, 6.07) is -3.86. The standard InChI is InChI=1S/C74H136N2O24P2/c1-6-11-16-21-24-27-28-31-34-39-44-49-64(83)94-59(48-43-38-33-30-26-23-18-13-8-3)53-63(82)76-68-72(98-66(85)52-58(80)47-41-36-20-15-10-5)70(99-101(87,88)89)60(54-77)95-73(68)93-55-61-69(86)71(97-65(84)51-57(79)46-40-35-19-14-9-4)67(74(96-61)100-102(90,91)92)75-62(81)50-56(78)45-42-37-32-29-25-22-17-12-7-2/h27-28,57-61,67-74,77,79-80,86H,6-26,29-55H2,1-5H3,(H,75,81)(H,76,82)(H2,87,88,89)(H2,90,91,92)/b28-27+/t57-,58-,59-,60?,61?,67?,68?,69?,70?,71?,72?,73?,74?/m1/s1. The van der Waals surface area contributed by atoms with Gasteiger partial charge in [0.2, 0.25) is 11.8 Å². The van der Waals surface area contributed by atoms with E-state index in [1.165, 1.54) is 25.7 Å². The van der Waals surface area contributed by atoms with Gasteiger partial charge in [-0.25, -0.2) is 9.13 Å². The monoisotopic (exact) mass is 1500 g/mol. The van der Waals surface area contributed by atoms with Crippen molar-refractivity contribution in [3.63, 3.8) is 0 Å². The average Bonchev–Trinajstić information content (AvgIpc) is 0.788. The van der Waals surface area contributed by atoms with Crippen LogP contribution in [0.25, 0.3) is 0 Å². The number of aliphatic hydroxyl groups excluding tert-OH is 4. The third kappa shape index (κ3) is 46.0. The van der Waals surface area contributed by atoms with Gasteiger partial charge in [0.15, 0.2) is 24.8 Å². The molecule has 0 aliphatic carbocycles. The molecule has 0 radical (unpaired) electrons. The normalized spacial score (nSPS) is 21.9. The van der Waals surface area contributed by atoms with Crippen LogP contribution in [0.5, 0.6) is 0 Å². The summed E-state index contributed by atoms with van der Waals surface area (Å²) in [5.74, 6) is -5.19.